The van der Waals surface area contributed by atoms with Crippen LogP contribution in [-0.2, 0) is 4.79 Å². The molecular weight excluding hydrogens is 304 g/mol. The molecule has 1 aromatic heterocycles. The van der Waals surface area contributed by atoms with Gasteiger partial charge in [-0.15, -0.1) is 10.2 Å². The molecule has 0 spiro atoms. The van der Waals surface area contributed by atoms with Gasteiger partial charge in [-0.3, -0.25) is 4.79 Å². The van der Waals surface area contributed by atoms with Gasteiger partial charge in [0.2, 0.25) is 11.0 Å². The van der Waals surface area contributed by atoms with Crippen molar-refractivity contribution in [3.8, 4) is 0 Å². The van der Waals surface area contributed by atoms with Crippen LogP contribution in [0.15, 0.2) is 4.34 Å². The van der Waals surface area contributed by atoms with Crippen LogP contribution in [0.3, 0.4) is 0 Å². The summed E-state index contributed by atoms with van der Waals surface area (Å²) in [4.78, 5) is 12.1. The number of nitrogens with one attached hydrogen (secondary N) is 2. The number of thioether (sulfide) groups is 1. The molecule has 1 aromatic rings. The minimum absolute atomic E-state index is 0.103. The number of anilines is 1. The first-order valence-corrected chi connectivity index (χ1v) is 9.40. The van der Waals surface area contributed by atoms with Crippen LogP contribution in [0.5, 0.6) is 0 Å². The highest BCUT2D eigenvalue weighted by atomic mass is 32.2. The molecule has 7 heteroatoms. The van der Waals surface area contributed by atoms with Gasteiger partial charge in [0.15, 0.2) is 4.34 Å². The highest BCUT2D eigenvalue weighted by molar-refractivity contribution is 8.01. The van der Waals surface area contributed by atoms with Crippen LogP contribution in [0.4, 0.5) is 5.13 Å². The zero-order valence-corrected chi connectivity index (χ0v) is 14.5. The van der Waals surface area contributed by atoms with E-state index in [1.807, 2.05) is 6.92 Å². The summed E-state index contributed by atoms with van der Waals surface area (Å²) in [7, 11) is 0. The second-order valence-corrected chi connectivity index (χ2v) is 7.83. The van der Waals surface area contributed by atoms with Gasteiger partial charge >= 0.3 is 0 Å². The zero-order chi connectivity index (χ0) is 15.2. The molecular formula is C14H24N4OS2. The summed E-state index contributed by atoms with van der Waals surface area (Å²) >= 11 is 2.95. The molecule has 1 amide bonds. The lowest BCUT2D eigenvalue weighted by Gasteiger charge is -2.34. The Morgan fingerprint density at radius 2 is 2.19 bits per heavy atom. The summed E-state index contributed by atoms with van der Waals surface area (Å²) < 4.78 is 0.839. The quantitative estimate of drug-likeness (QED) is 0.786. The van der Waals surface area contributed by atoms with Gasteiger partial charge in [0.1, 0.15) is 0 Å². The zero-order valence-electron chi connectivity index (χ0n) is 12.9. The maximum absolute atomic E-state index is 12.1. The standard InChI is InChI=1S/C14H24N4OS2/c1-4-15-13-17-18-14(21-13)20-8-12(19)16-11-7-5-6-9(2)10(11)3/h9-11H,4-8H2,1-3H3,(H,15,17)(H,16,19)/t9-,10-,11-/m0/s1. The number of hydrogen-bond donors (Lipinski definition) is 2. The normalized spacial score (nSPS) is 25.6. The third-order valence-corrected chi connectivity index (χ3v) is 6.13. The Balaban J connectivity index is 1.76. The van der Waals surface area contributed by atoms with E-state index in [4.69, 9.17) is 0 Å². The van der Waals surface area contributed by atoms with E-state index in [1.165, 1.54) is 35.9 Å². The predicted octanol–water partition coefficient (Wildman–Crippen LogP) is 3.00. The fourth-order valence-corrected chi connectivity index (χ4v) is 4.28. The Morgan fingerprint density at radius 3 is 2.95 bits per heavy atom. The molecule has 0 aromatic carbocycles. The van der Waals surface area contributed by atoms with E-state index in [0.29, 0.717) is 23.6 Å². The number of rotatable bonds is 6. The minimum Gasteiger partial charge on any atom is -0.360 e. The van der Waals surface area contributed by atoms with Crippen molar-refractivity contribution in [2.75, 3.05) is 17.6 Å². The van der Waals surface area contributed by atoms with Gasteiger partial charge < -0.3 is 10.6 Å². The molecule has 0 radical (unpaired) electrons. The molecule has 1 heterocycles. The molecule has 1 saturated carbocycles. The smallest absolute Gasteiger partial charge is 0.230 e. The van der Waals surface area contributed by atoms with Crippen LogP contribution in [0.2, 0.25) is 0 Å². The SMILES string of the molecule is CCNc1nnc(SCC(=O)N[C@H]2CCC[C@H](C)[C@@H]2C)s1. The second kappa shape index (κ2) is 7.98. The molecule has 1 aliphatic carbocycles. The molecule has 1 fully saturated rings. The van der Waals surface area contributed by atoms with E-state index < -0.39 is 0 Å². The van der Waals surface area contributed by atoms with Crippen LogP contribution in [0.25, 0.3) is 0 Å². The molecule has 21 heavy (non-hydrogen) atoms. The third kappa shape index (κ3) is 4.85. The summed E-state index contributed by atoms with van der Waals surface area (Å²) in [5.74, 6) is 1.78. The van der Waals surface area contributed by atoms with E-state index in [9.17, 15) is 4.79 Å². The largest absolute Gasteiger partial charge is 0.360 e. The predicted molar refractivity (Wildman–Crippen MR) is 88.9 cm³/mol. The Hall–Kier alpha value is -0.820. The van der Waals surface area contributed by atoms with E-state index in [0.717, 1.165) is 22.4 Å². The molecule has 3 atom stereocenters. The van der Waals surface area contributed by atoms with Crippen LogP contribution in [0, 0.1) is 11.8 Å². The molecule has 0 saturated heterocycles. The third-order valence-electron chi connectivity index (χ3n) is 4.11. The van der Waals surface area contributed by atoms with Crippen molar-refractivity contribution in [1.29, 1.82) is 0 Å². The van der Waals surface area contributed by atoms with Crippen LogP contribution in [-0.4, -0.2) is 34.4 Å². The highest BCUT2D eigenvalue weighted by Crippen LogP contribution is 2.30. The summed E-state index contributed by atoms with van der Waals surface area (Å²) in [5.41, 5.74) is 0. The molecule has 5 nitrogen and oxygen atoms in total. The van der Waals surface area contributed by atoms with Crippen molar-refractivity contribution in [2.45, 2.75) is 50.4 Å². The molecule has 2 rings (SSSR count). The van der Waals surface area contributed by atoms with E-state index >= 15 is 0 Å². The van der Waals surface area contributed by atoms with E-state index in [1.54, 1.807) is 0 Å². The van der Waals surface area contributed by atoms with Gasteiger partial charge in [-0.05, 0) is 25.2 Å². The van der Waals surface area contributed by atoms with Crippen molar-refractivity contribution in [2.24, 2.45) is 11.8 Å². The number of amides is 1. The lowest BCUT2D eigenvalue weighted by molar-refractivity contribution is -0.119. The maximum Gasteiger partial charge on any atom is 0.230 e. The molecule has 0 bridgehead atoms. The summed E-state index contributed by atoms with van der Waals surface area (Å²) in [5, 5.41) is 15.2. The number of carbonyl (C=O) groups is 1. The molecule has 0 unspecified atom stereocenters. The Kier molecular flexibility index (Phi) is 6.29. The minimum atomic E-state index is 0.103. The molecule has 118 valence electrons. The Labute approximate surface area is 134 Å². The number of hydrogen-bond acceptors (Lipinski definition) is 6. The fourth-order valence-electron chi connectivity index (χ4n) is 2.65. The van der Waals surface area contributed by atoms with Crippen molar-refractivity contribution in [3.63, 3.8) is 0 Å². The molecule has 0 aliphatic heterocycles. The second-order valence-electron chi connectivity index (χ2n) is 5.63. The molecule has 1 aliphatic rings. The number of carbonyl (C=O) groups excluding carboxylic acids is 1. The maximum atomic E-state index is 12.1. The lowest BCUT2D eigenvalue weighted by Crippen LogP contribution is -2.44. The first-order chi connectivity index (χ1) is 10.1. The van der Waals surface area contributed by atoms with Gasteiger partial charge in [0, 0.05) is 12.6 Å². The first kappa shape index (κ1) is 16.5. The lowest BCUT2D eigenvalue weighted by atomic mass is 9.78. The molecule has 2 N–H and O–H groups in total. The average Bonchev–Trinajstić information content (AvgIpc) is 2.90. The van der Waals surface area contributed by atoms with Crippen molar-refractivity contribution in [3.05, 3.63) is 0 Å². The van der Waals surface area contributed by atoms with Crippen LogP contribution in [0.1, 0.15) is 40.0 Å². The Morgan fingerprint density at radius 1 is 1.38 bits per heavy atom. The Bertz CT molecular complexity index is 466. The van der Waals surface area contributed by atoms with Crippen molar-refractivity contribution in [1.82, 2.24) is 15.5 Å². The summed E-state index contributed by atoms with van der Waals surface area (Å²) in [6.45, 7) is 7.38. The van der Waals surface area contributed by atoms with Gasteiger partial charge in [0.25, 0.3) is 0 Å². The topological polar surface area (TPSA) is 66.9 Å². The van der Waals surface area contributed by atoms with Crippen molar-refractivity contribution < 1.29 is 4.79 Å². The highest BCUT2D eigenvalue weighted by Gasteiger charge is 2.28. The summed E-state index contributed by atoms with van der Waals surface area (Å²) in [6.07, 6.45) is 3.59. The summed E-state index contributed by atoms with van der Waals surface area (Å²) in [6, 6.07) is 0.327. The van der Waals surface area contributed by atoms with Gasteiger partial charge in [-0.25, -0.2) is 0 Å². The van der Waals surface area contributed by atoms with Gasteiger partial charge in [-0.2, -0.15) is 0 Å². The first-order valence-electron chi connectivity index (χ1n) is 7.59. The van der Waals surface area contributed by atoms with Crippen molar-refractivity contribution >= 4 is 34.1 Å². The average molecular weight is 329 g/mol. The monoisotopic (exact) mass is 328 g/mol. The number of nitrogens with zero attached hydrogens (tertiary/aromatic N) is 2. The number of aromatic nitrogens is 2. The van der Waals surface area contributed by atoms with Crippen LogP contribution < -0.4 is 10.6 Å². The van der Waals surface area contributed by atoms with E-state index in [2.05, 4.69) is 34.7 Å². The van der Waals surface area contributed by atoms with Gasteiger partial charge in [-0.1, -0.05) is 49.8 Å². The van der Waals surface area contributed by atoms with Gasteiger partial charge in [0.05, 0.1) is 5.75 Å². The van der Waals surface area contributed by atoms with Crippen LogP contribution >= 0.6 is 23.1 Å². The van der Waals surface area contributed by atoms with E-state index in [-0.39, 0.29) is 5.91 Å². The fraction of sp³-hybridized carbons (Fsp3) is 0.786.